The van der Waals surface area contributed by atoms with Crippen molar-refractivity contribution >= 4 is 43.7 Å². The van der Waals surface area contributed by atoms with Gasteiger partial charge in [-0.3, -0.25) is 0 Å². The molecule has 0 bridgehead atoms. The molecule has 0 saturated heterocycles. The predicted molar refractivity (Wildman–Crippen MR) is 64.0 cm³/mol. The molecule has 2 aromatic heterocycles. The minimum atomic E-state index is 0.812. The Morgan fingerprint density at radius 1 is 1.57 bits per heavy atom. The van der Waals surface area contributed by atoms with Crippen LogP contribution in [0, 0.1) is 6.92 Å². The highest BCUT2D eigenvalue weighted by atomic mass is 79.9. The third kappa shape index (κ3) is 2.31. The molecule has 0 aromatic carbocycles. The van der Waals surface area contributed by atoms with E-state index < -0.39 is 0 Å². The number of aryl methyl sites for hydroxylation is 1. The molecule has 0 fully saturated rings. The Hall–Kier alpha value is -0.460. The topological polar surface area (TPSA) is 37.8 Å². The number of rotatable bonds is 3. The van der Waals surface area contributed by atoms with Gasteiger partial charge in [-0.2, -0.15) is 0 Å². The largest absolute Gasteiger partial charge is 0.355 e. The van der Waals surface area contributed by atoms with Gasteiger partial charge in [-0.05, 0) is 28.9 Å². The van der Waals surface area contributed by atoms with Crippen LogP contribution in [0.5, 0.6) is 0 Å². The number of hydrogen-bond donors (Lipinski definition) is 1. The lowest BCUT2D eigenvalue weighted by Gasteiger charge is -1.97. The molecule has 2 heterocycles. The normalized spacial score (nSPS) is 10.4. The van der Waals surface area contributed by atoms with Crippen LogP contribution in [0.15, 0.2) is 16.0 Å². The molecule has 74 valence electrons. The van der Waals surface area contributed by atoms with Crippen molar-refractivity contribution in [3.05, 3.63) is 25.8 Å². The Morgan fingerprint density at radius 3 is 3.00 bits per heavy atom. The molecule has 0 unspecified atom stereocenters. The lowest BCUT2D eigenvalue weighted by atomic mass is 10.4. The van der Waals surface area contributed by atoms with Gasteiger partial charge in [0.2, 0.25) is 5.13 Å². The quantitative estimate of drug-likeness (QED) is 0.942. The summed E-state index contributed by atoms with van der Waals surface area (Å²) in [5.74, 6) is 0. The van der Waals surface area contributed by atoms with E-state index in [0.29, 0.717) is 0 Å². The molecule has 0 atom stereocenters. The van der Waals surface area contributed by atoms with Crippen LogP contribution in [-0.4, -0.2) is 10.2 Å². The van der Waals surface area contributed by atoms with Gasteiger partial charge in [0.1, 0.15) is 5.51 Å². The second-order valence-electron chi connectivity index (χ2n) is 2.71. The third-order valence-electron chi connectivity index (χ3n) is 1.68. The van der Waals surface area contributed by atoms with E-state index in [4.69, 9.17) is 0 Å². The Bertz CT molecular complexity index is 391. The Balaban J connectivity index is 1.98. The fourth-order valence-electron chi connectivity index (χ4n) is 1.02. The van der Waals surface area contributed by atoms with Gasteiger partial charge >= 0.3 is 0 Å². The molecule has 3 nitrogen and oxygen atoms in total. The zero-order chi connectivity index (χ0) is 9.97. The number of hydrogen-bond acceptors (Lipinski definition) is 5. The number of thiophene rings is 1. The first-order chi connectivity index (χ1) is 6.75. The third-order valence-corrected chi connectivity index (χ3v) is 4.47. The average molecular weight is 290 g/mol. The fourth-order valence-corrected chi connectivity index (χ4v) is 3.00. The maximum Gasteiger partial charge on any atom is 0.205 e. The minimum absolute atomic E-state index is 0.812. The first kappa shape index (κ1) is 10.1. The molecule has 0 aliphatic rings. The van der Waals surface area contributed by atoms with Gasteiger partial charge in [0.15, 0.2) is 0 Å². The van der Waals surface area contributed by atoms with E-state index >= 15 is 0 Å². The van der Waals surface area contributed by atoms with Crippen LogP contribution < -0.4 is 5.32 Å². The summed E-state index contributed by atoms with van der Waals surface area (Å²) in [5, 5.41) is 11.8. The molecule has 2 rings (SSSR count). The van der Waals surface area contributed by atoms with Crippen molar-refractivity contribution in [2.24, 2.45) is 0 Å². The number of nitrogens with zero attached hydrogens (tertiary/aromatic N) is 2. The number of aromatic nitrogens is 2. The zero-order valence-corrected chi connectivity index (χ0v) is 10.7. The molecule has 0 aliphatic carbocycles. The highest BCUT2D eigenvalue weighted by Crippen LogP contribution is 2.26. The molecule has 0 amide bonds. The molecule has 0 radical (unpaired) electrons. The maximum atomic E-state index is 3.91. The summed E-state index contributed by atoms with van der Waals surface area (Å²) >= 11 is 6.79. The Kier molecular flexibility index (Phi) is 3.15. The maximum absolute atomic E-state index is 3.91. The van der Waals surface area contributed by atoms with E-state index in [-0.39, 0.29) is 0 Å². The van der Waals surface area contributed by atoms with Gasteiger partial charge in [-0.25, -0.2) is 0 Å². The fraction of sp³-hybridized carbons (Fsp3) is 0.250. The van der Waals surface area contributed by atoms with Gasteiger partial charge in [0.05, 0.1) is 6.54 Å². The first-order valence-electron chi connectivity index (χ1n) is 4.00. The highest BCUT2D eigenvalue weighted by Gasteiger charge is 2.03. The minimum Gasteiger partial charge on any atom is -0.355 e. The number of halogens is 1. The lowest BCUT2D eigenvalue weighted by molar-refractivity contribution is 1.06. The molecular formula is C8H8BrN3S2. The van der Waals surface area contributed by atoms with Crippen molar-refractivity contribution in [2.75, 3.05) is 5.32 Å². The van der Waals surface area contributed by atoms with Crippen LogP contribution >= 0.6 is 38.6 Å². The highest BCUT2D eigenvalue weighted by molar-refractivity contribution is 9.10. The van der Waals surface area contributed by atoms with E-state index in [2.05, 4.69) is 44.4 Å². The van der Waals surface area contributed by atoms with Crippen molar-refractivity contribution in [1.29, 1.82) is 0 Å². The van der Waals surface area contributed by atoms with Gasteiger partial charge < -0.3 is 5.32 Å². The SMILES string of the molecule is Cc1sc(CNc2nncs2)cc1Br. The summed E-state index contributed by atoms with van der Waals surface area (Å²) in [4.78, 5) is 2.60. The molecule has 0 spiro atoms. The van der Waals surface area contributed by atoms with E-state index in [0.717, 1.165) is 11.7 Å². The molecule has 0 saturated carbocycles. The molecule has 14 heavy (non-hydrogen) atoms. The Morgan fingerprint density at radius 2 is 2.43 bits per heavy atom. The van der Waals surface area contributed by atoms with Crippen molar-refractivity contribution < 1.29 is 0 Å². The van der Waals surface area contributed by atoms with Crippen molar-refractivity contribution in [3.63, 3.8) is 0 Å². The average Bonchev–Trinajstić information content (AvgIpc) is 2.74. The summed E-state index contributed by atoms with van der Waals surface area (Å²) in [6, 6.07) is 2.13. The summed E-state index contributed by atoms with van der Waals surface area (Å²) in [5.41, 5.74) is 1.72. The summed E-state index contributed by atoms with van der Waals surface area (Å²) in [6.07, 6.45) is 0. The second kappa shape index (κ2) is 4.37. The number of nitrogens with one attached hydrogen (secondary N) is 1. The Labute approximate surface area is 98.3 Å². The van der Waals surface area contributed by atoms with Gasteiger partial charge in [0, 0.05) is 14.2 Å². The molecule has 1 N–H and O–H groups in total. The number of anilines is 1. The zero-order valence-electron chi connectivity index (χ0n) is 7.45. The van der Waals surface area contributed by atoms with Gasteiger partial charge in [-0.15, -0.1) is 21.5 Å². The van der Waals surface area contributed by atoms with Crippen LogP contribution in [-0.2, 0) is 6.54 Å². The van der Waals surface area contributed by atoms with Crippen molar-refractivity contribution in [1.82, 2.24) is 10.2 Å². The monoisotopic (exact) mass is 289 g/mol. The molecule has 2 aromatic rings. The molecule has 6 heteroatoms. The van der Waals surface area contributed by atoms with E-state index in [9.17, 15) is 0 Å². The summed E-state index contributed by atoms with van der Waals surface area (Å²) in [6.45, 7) is 2.91. The van der Waals surface area contributed by atoms with Crippen LogP contribution in [0.1, 0.15) is 9.75 Å². The summed E-state index contributed by atoms with van der Waals surface area (Å²) in [7, 11) is 0. The van der Waals surface area contributed by atoms with Crippen molar-refractivity contribution in [2.45, 2.75) is 13.5 Å². The predicted octanol–water partition coefficient (Wildman–Crippen LogP) is 3.28. The lowest BCUT2D eigenvalue weighted by Crippen LogP contribution is -1.96. The van der Waals surface area contributed by atoms with Gasteiger partial charge in [0.25, 0.3) is 0 Å². The smallest absolute Gasteiger partial charge is 0.205 e. The van der Waals surface area contributed by atoms with Crippen LogP contribution in [0.2, 0.25) is 0 Å². The van der Waals surface area contributed by atoms with Crippen LogP contribution in [0.3, 0.4) is 0 Å². The standard InChI is InChI=1S/C8H8BrN3S2/c1-5-7(9)2-6(14-5)3-10-8-12-11-4-13-8/h2,4H,3H2,1H3,(H,10,12). The molecule has 0 aliphatic heterocycles. The van der Waals surface area contributed by atoms with Gasteiger partial charge in [-0.1, -0.05) is 11.3 Å². The van der Waals surface area contributed by atoms with Crippen LogP contribution in [0.25, 0.3) is 0 Å². The first-order valence-corrected chi connectivity index (χ1v) is 6.49. The van der Waals surface area contributed by atoms with Crippen LogP contribution in [0.4, 0.5) is 5.13 Å². The molecular weight excluding hydrogens is 282 g/mol. The van der Waals surface area contributed by atoms with Crippen molar-refractivity contribution in [3.8, 4) is 0 Å². The summed E-state index contributed by atoms with van der Waals surface area (Å²) < 4.78 is 1.18. The van der Waals surface area contributed by atoms with E-state index in [1.807, 2.05) is 0 Å². The second-order valence-corrected chi connectivity index (χ2v) is 5.74. The van der Waals surface area contributed by atoms with E-state index in [1.165, 1.54) is 25.6 Å². The van der Waals surface area contributed by atoms with E-state index in [1.54, 1.807) is 16.8 Å².